The largest absolute Gasteiger partial charge is 0.334 e. The first-order valence-corrected chi connectivity index (χ1v) is 8.54. The molecule has 0 atom stereocenters. The van der Waals surface area contributed by atoms with Gasteiger partial charge in [0.25, 0.3) is 0 Å². The summed E-state index contributed by atoms with van der Waals surface area (Å²) in [6.45, 7) is 2.68. The minimum atomic E-state index is -0.148. The number of aryl methyl sites for hydroxylation is 1. The Morgan fingerprint density at radius 1 is 1.22 bits per heavy atom. The summed E-state index contributed by atoms with van der Waals surface area (Å²) in [5.41, 5.74) is 3.12. The van der Waals surface area contributed by atoms with Gasteiger partial charge in [-0.15, -0.1) is 5.10 Å². The number of nitriles is 1. The molecule has 0 saturated heterocycles. The van der Waals surface area contributed by atoms with Crippen LogP contribution < -0.4 is 0 Å². The first-order chi connectivity index (χ1) is 13.2. The molecule has 0 aliphatic heterocycles. The third-order valence-electron chi connectivity index (χ3n) is 4.01. The molecule has 0 aliphatic rings. The van der Waals surface area contributed by atoms with Gasteiger partial charge in [0.2, 0.25) is 5.91 Å². The molecular weight excluding hydrogens is 342 g/mol. The third-order valence-corrected chi connectivity index (χ3v) is 4.01. The third kappa shape index (κ3) is 4.73. The summed E-state index contributed by atoms with van der Waals surface area (Å²) in [6.07, 6.45) is 5.34. The molecule has 0 unspecified atom stereocenters. The number of pyridine rings is 2. The van der Waals surface area contributed by atoms with E-state index in [4.69, 9.17) is 5.26 Å². The van der Waals surface area contributed by atoms with Crippen molar-refractivity contribution in [2.45, 2.75) is 26.4 Å². The topological polar surface area (TPSA) is 101 Å². The minimum Gasteiger partial charge on any atom is -0.334 e. The first-order valence-electron chi connectivity index (χ1n) is 8.54. The maximum absolute atomic E-state index is 12.7. The summed E-state index contributed by atoms with van der Waals surface area (Å²) in [4.78, 5) is 22.9. The van der Waals surface area contributed by atoms with E-state index in [0.717, 1.165) is 17.0 Å². The number of rotatable bonds is 7. The maximum Gasteiger partial charge on any atom is 0.244 e. The predicted octanol–water partition coefficient (Wildman–Crippen LogP) is 1.99. The highest BCUT2D eigenvalue weighted by Crippen LogP contribution is 2.17. The van der Waals surface area contributed by atoms with Crippen LogP contribution in [0.25, 0.3) is 11.4 Å². The van der Waals surface area contributed by atoms with Crippen LogP contribution in [0.3, 0.4) is 0 Å². The molecule has 0 aliphatic carbocycles. The predicted molar refractivity (Wildman–Crippen MR) is 97.9 cm³/mol. The van der Waals surface area contributed by atoms with Gasteiger partial charge in [0.05, 0.1) is 36.6 Å². The normalized spacial score (nSPS) is 10.4. The molecule has 0 saturated carbocycles. The van der Waals surface area contributed by atoms with E-state index in [1.54, 1.807) is 23.5 Å². The van der Waals surface area contributed by atoms with Gasteiger partial charge in [0.15, 0.2) is 0 Å². The van der Waals surface area contributed by atoms with E-state index < -0.39 is 0 Å². The Kier molecular flexibility index (Phi) is 5.84. The molecule has 0 spiro atoms. The van der Waals surface area contributed by atoms with E-state index in [1.165, 1.54) is 4.68 Å². The van der Waals surface area contributed by atoms with Gasteiger partial charge in [-0.2, -0.15) is 5.26 Å². The molecule has 3 heterocycles. The lowest BCUT2D eigenvalue weighted by atomic mass is 10.2. The van der Waals surface area contributed by atoms with Crippen molar-refractivity contribution in [3.8, 4) is 17.5 Å². The molecular formula is C19H19N7O. The van der Waals surface area contributed by atoms with E-state index in [-0.39, 0.29) is 18.9 Å². The van der Waals surface area contributed by atoms with Gasteiger partial charge in [-0.3, -0.25) is 14.8 Å². The summed E-state index contributed by atoms with van der Waals surface area (Å²) < 4.78 is 1.49. The van der Waals surface area contributed by atoms with Crippen LogP contribution in [0.2, 0.25) is 0 Å². The SMILES string of the molecule is Cc1cccnc1-c1cn(CC(=O)N(CCC#N)Cc2ccccn2)nn1. The average Bonchev–Trinajstić information content (AvgIpc) is 3.14. The van der Waals surface area contributed by atoms with Crippen molar-refractivity contribution in [1.82, 2.24) is 29.9 Å². The lowest BCUT2D eigenvalue weighted by molar-refractivity contribution is -0.132. The molecule has 0 N–H and O–H groups in total. The molecule has 8 heteroatoms. The molecule has 27 heavy (non-hydrogen) atoms. The van der Waals surface area contributed by atoms with Crippen molar-refractivity contribution < 1.29 is 4.79 Å². The van der Waals surface area contributed by atoms with Gasteiger partial charge in [0.1, 0.15) is 12.2 Å². The highest BCUT2D eigenvalue weighted by Gasteiger charge is 2.17. The fraction of sp³-hybridized carbons (Fsp3) is 0.263. The van der Waals surface area contributed by atoms with Crippen LogP contribution in [0.4, 0.5) is 0 Å². The molecule has 0 aromatic carbocycles. The first kappa shape index (κ1) is 18.2. The second-order valence-corrected chi connectivity index (χ2v) is 6.01. The van der Waals surface area contributed by atoms with Crippen molar-refractivity contribution in [2.24, 2.45) is 0 Å². The molecule has 0 radical (unpaired) electrons. The number of hydrogen-bond acceptors (Lipinski definition) is 6. The molecule has 0 bridgehead atoms. The Hall–Kier alpha value is -3.60. The van der Waals surface area contributed by atoms with Crippen molar-refractivity contribution in [2.75, 3.05) is 6.54 Å². The Balaban J connectivity index is 1.72. The van der Waals surface area contributed by atoms with E-state index in [2.05, 4.69) is 26.3 Å². The maximum atomic E-state index is 12.7. The van der Waals surface area contributed by atoms with Crippen LogP contribution in [0.5, 0.6) is 0 Å². The minimum absolute atomic E-state index is 0.0388. The summed E-state index contributed by atoms with van der Waals surface area (Å²) in [5, 5.41) is 17.0. The molecule has 8 nitrogen and oxygen atoms in total. The number of hydrogen-bond donors (Lipinski definition) is 0. The zero-order valence-corrected chi connectivity index (χ0v) is 15.0. The Morgan fingerprint density at radius 3 is 2.81 bits per heavy atom. The quantitative estimate of drug-likeness (QED) is 0.638. The molecule has 3 rings (SSSR count). The molecule has 136 valence electrons. The highest BCUT2D eigenvalue weighted by molar-refractivity contribution is 5.76. The number of carbonyl (C=O) groups excluding carboxylic acids is 1. The fourth-order valence-corrected chi connectivity index (χ4v) is 2.64. The van der Waals surface area contributed by atoms with E-state index in [9.17, 15) is 4.79 Å². The van der Waals surface area contributed by atoms with Crippen LogP contribution in [0.15, 0.2) is 48.9 Å². The summed E-state index contributed by atoms with van der Waals surface area (Å²) in [7, 11) is 0. The lowest BCUT2D eigenvalue weighted by Crippen LogP contribution is -2.34. The Morgan fingerprint density at radius 2 is 2.07 bits per heavy atom. The number of aromatic nitrogens is 5. The van der Waals surface area contributed by atoms with Gasteiger partial charge in [-0.1, -0.05) is 17.3 Å². The van der Waals surface area contributed by atoms with Gasteiger partial charge < -0.3 is 4.90 Å². The summed E-state index contributed by atoms with van der Waals surface area (Å²) >= 11 is 0. The number of amides is 1. The van der Waals surface area contributed by atoms with Crippen molar-refractivity contribution in [3.63, 3.8) is 0 Å². The van der Waals surface area contributed by atoms with Crippen LogP contribution in [0, 0.1) is 18.3 Å². The van der Waals surface area contributed by atoms with Gasteiger partial charge in [0, 0.05) is 18.9 Å². The standard InChI is InChI=1S/C19H19N7O/c1-15-6-4-10-22-19(15)17-13-26(24-23-17)14-18(27)25(11-5-8-20)12-16-7-2-3-9-21-16/h2-4,6-7,9-10,13H,5,11-12,14H2,1H3. The second kappa shape index (κ2) is 8.67. The van der Waals surface area contributed by atoms with Crippen LogP contribution >= 0.6 is 0 Å². The van der Waals surface area contributed by atoms with Crippen molar-refractivity contribution in [3.05, 3.63) is 60.2 Å². The van der Waals surface area contributed by atoms with E-state index >= 15 is 0 Å². The smallest absolute Gasteiger partial charge is 0.244 e. The lowest BCUT2D eigenvalue weighted by Gasteiger charge is -2.21. The zero-order chi connectivity index (χ0) is 19.1. The van der Waals surface area contributed by atoms with Crippen LogP contribution in [-0.2, 0) is 17.9 Å². The van der Waals surface area contributed by atoms with Gasteiger partial charge in [-0.05, 0) is 30.7 Å². The molecule has 3 aromatic rings. The molecule has 0 fully saturated rings. The second-order valence-electron chi connectivity index (χ2n) is 6.01. The molecule has 3 aromatic heterocycles. The van der Waals surface area contributed by atoms with Gasteiger partial charge in [-0.25, -0.2) is 4.68 Å². The molecule has 1 amide bonds. The van der Waals surface area contributed by atoms with E-state index in [1.807, 2.05) is 37.3 Å². The highest BCUT2D eigenvalue weighted by atomic mass is 16.2. The van der Waals surface area contributed by atoms with E-state index in [0.29, 0.717) is 18.8 Å². The van der Waals surface area contributed by atoms with Crippen molar-refractivity contribution >= 4 is 5.91 Å². The van der Waals surface area contributed by atoms with Crippen LogP contribution in [0.1, 0.15) is 17.7 Å². The fourth-order valence-electron chi connectivity index (χ4n) is 2.64. The van der Waals surface area contributed by atoms with Crippen LogP contribution in [-0.4, -0.2) is 42.3 Å². The summed E-state index contributed by atoms with van der Waals surface area (Å²) in [6, 6.07) is 11.4. The summed E-state index contributed by atoms with van der Waals surface area (Å²) in [5.74, 6) is -0.148. The zero-order valence-electron chi connectivity index (χ0n) is 15.0. The Labute approximate surface area is 157 Å². The number of nitrogens with zero attached hydrogens (tertiary/aromatic N) is 7. The number of carbonyl (C=O) groups is 1. The van der Waals surface area contributed by atoms with Crippen molar-refractivity contribution in [1.29, 1.82) is 5.26 Å². The monoisotopic (exact) mass is 361 g/mol. The Bertz CT molecular complexity index is 946. The van der Waals surface area contributed by atoms with Gasteiger partial charge >= 0.3 is 0 Å². The average molecular weight is 361 g/mol.